The average molecular weight is 403 g/mol. The number of aromatic nitrogens is 2. The van der Waals surface area contributed by atoms with Crippen molar-refractivity contribution in [1.82, 2.24) is 9.78 Å². The van der Waals surface area contributed by atoms with Gasteiger partial charge < -0.3 is 10.1 Å². The molecule has 154 valence electrons. The molecule has 1 heterocycles. The molecule has 1 aromatic heterocycles. The van der Waals surface area contributed by atoms with E-state index in [2.05, 4.69) is 10.4 Å². The molecular formula is C24H25N3O3. The van der Waals surface area contributed by atoms with Crippen molar-refractivity contribution in [2.75, 3.05) is 11.9 Å². The first-order valence-electron chi connectivity index (χ1n) is 9.68. The maximum atomic E-state index is 12.3. The van der Waals surface area contributed by atoms with Gasteiger partial charge in [0.15, 0.2) is 6.61 Å². The van der Waals surface area contributed by atoms with E-state index < -0.39 is 11.9 Å². The number of benzene rings is 2. The molecule has 0 aliphatic heterocycles. The molecule has 0 fully saturated rings. The Morgan fingerprint density at radius 3 is 2.20 bits per heavy atom. The van der Waals surface area contributed by atoms with Gasteiger partial charge in [-0.25, -0.2) is 9.48 Å². The molecule has 0 aliphatic carbocycles. The lowest BCUT2D eigenvalue weighted by Gasteiger charge is -2.07. The van der Waals surface area contributed by atoms with E-state index in [0.717, 1.165) is 28.1 Å². The molecule has 6 heteroatoms. The fraction of sp³-hybridized carbons (Fsp3) is 0.208. The second-order valence-corrected chi connectivity index (χ2v) is 7.19. The van der Waals surface area contributed by atoms with Gasteiger partial charge in [0.1, 0.15) is 0 Å². The van der Waals surface area contributed by atoms with Gasteiger partial charge in [0.05, 0.1) is 22.8 Å². The average Bonchev–Trinajstić information content (AvgIpc) is 3.00. The van der Waals surface area contributed by atoms with Crippen molar-refractivity contribution in [3.05, 3.63) is 82.7 Å². The van der Waals surface area contributed by atoms with Crippen molar-refractivity contribution in [3.63, 3.8) is 0 Å². The van der Waals surface area contributed by atoms with Gasteiger partial charge in [-0.3, -0.25) is 4.79 Å². The highest BCUT2D eigenvalue weighted by Crippen LogP contribution is 2.23. The molecule has 0 atom stereocenters. The number of hydrogen-bond acceptors (Lipinski definition) is 4. The molecule has 1 amide bonds. The number of carbonyl (C=O) groups is 2. The predicted molar refractivity (Wildman–Crippen MR) is 118 cm³/mol. The van der Waals surface area contributed by atoms with Gasteiger partial charge in [-0.15, -0.1) is 0 Å². The van der Waals surface area contributed by atoms with Crippen LogP contribution in [0.4, 0.5) is 5.69 Å². The second kappa shape index (κ2) is 9.22. The first kappa shape index (κ1) is 21.0. The van der Waals surface area contributed by atoms with E-state index in [1.165, 1.54) is 6.08 Å². The summed E-state index contributed by atoms with van der Waals surface area (Å²) in [5.41, 5.74) is 6.20. The SMILES string of the molecule is Cc1ccc(/C=C/C(=O)OCC(=O)Nc2c(C)nn(-c3ccc(C)cc3)c2C)cc1. The van der Waals surface area contributed by atoms with Gasteiger partial charge in [-0.2, -0.15) is 5.10 Å². The first-order chi connectivity index (χ1) is 14.3. The Labute approximate surface area is 176 Å². The summed E-state index contributed by atoms with van der Waals surface area (Å²) in [6, 6.07) is 15.7. The molecule has 6 nitrogen and oxygen atoms in total. The molecule has 2 aromatic carbocycles. The van der Waals surface area contributed by atoms with Crippen LogP contribution in [-0.2, 0) is 14.3 Å². The van der Waals surface area contributed by atoms with Gasteiger partial charge in [0, 0.05) is 6.08 Å². The zero-order chi connectivity index (χ0) is 21.7. The van der Waals surface area contributed by atoms with Crippen LogP contribution >= 0.6 is 0 Å². The maximum Gasteiger partial charge on any atom is 0.331 e. The number of amides is 1. The number of ether oxygens (including phenoxy) is 1. The zero-order valence-electron chi connectivity index (χ0n) is 17.6. The Morgan fingerprint density at radius 1 is 0.967 bits per heavy atom. The Balaban J connectivity index is 1.59. The summed E-state index contributed by atoms with van der Waals surface area (Å²) in [5.74, 6) is -0.990. The molecule has 3 rings (SSSR count). The number of nitrogens with zero attached hydrogens (tertiary/aromatic N) is 2. The van der Waals surface area contributed by atoms with Crippen molar-refractivity contribution in [3.8, 4) is 5.69 Å². The molecule has 3 aromatic rings. The van der Waals surface area contributed by atoms with Crippen LogP contribution in [0.3, 0.4) is 0 Å². The normalized spacial score (nSPS) is 10.9. The first-order valence-corrected chi connectivity index (χ1v) is 9.68. The molecule has 30 heavy (non-hydrogen) atoms. The van der Waals surface area contributed by atoms with Crippen LogP contribution in [0.15, 0.2) is 54.6 Å². The van der Waals surface area contributed by atoms with Crippen LogP contribution in [-0.4, -0.2) is 28.3 Å². The van der Waals surface area contributed by atoms with Gasteiger partial charge in [-0.05, 0) is 51.5 Å². The summed E-state index contributed by atoms with van der Waals surface area (Å²) in [6.45, 7) is 7.35. The minimum absolute atomic E-state index is 0.369. The second-order valence-electron chi connectivity index (χ2n) is 7.19. The number of carbonyl (C=O) groups excluding carboxylic acids is 2. The summed E-state index contributed by atoms with van der Waals surface area (Å²) in [7, 11) is 0. The highest BCUT2D eigenvalue weighted by molar-refractivity contribution is 5.95. The van der Waals surface area contributed by atoms with E-state index in [0.29, 0.717) is 11.4 Å². The zero-order valence-corrected chi connectivity index (χ0v) is 17.6. The van der Waals surface area contributed by atoms with E-state index in [4.69, 9.17) is 4.74 Å². The molecule has 0 bridgehead atoms. The summed E-state index contributed by atoms with van der Waals surface area (Å²) < 4.78 is 6.82. The van der Waals surface area contributed by atoms with E-state index in [1.54, 1.807) is 10.8 Å². The summed E-state index contributed by atoms with van der Waals surface area (Å²) in [6.07, 6.45) is 2.96. The monoisotopic (exact) mass is 403 g/mol. The van der Waals surface area contributed by atoms with Crippen LogP contribution in [0.2, 0.25) is 0 Å². The molecule has 0 radical (unpaired) electrons. The van der Waals surface area contributed by atoms with Gasteiger partial charge >= 0.3 is 5.97 Å². The highest BCUT2D eigenvalue weighted by atomic mass is 16.5. The van der Waals surface area contributed by atoms with Gasteiger partial charge in [0.2, 0.25) is 0 Å². The Morgan fingerprint density at radius 2 is 1.57 bits per heavy atom. The molecule has 0 saturated carbocycles. The molecule has 0 unspecified atom stereocenters. The minimum atomic E-state index is -0.575. The van der Waals surface area contributed by atoms with Crippen LogP contribution in [0.25, 0.3) is 11.8 Å². The predicted octanol–water partition coefficient (Wildman–Crippen LogP) is 4.30. The Kier molecular flexibility index (Phi) is 6.47. The fourth-order valence-corrected chi connectivity index (χ4v) is 2.96. The lowest BCUT2D eigenvalue weighted by Crippen LogP contribution is -2.20. The highest BCUT2D eigenvalue weighted by Gasteiger charge is 2.16. The largest absolute Gasteiger partial charge is 0.452 e. The van der Waals surface area contributed by atoms with Crippen LogP contribution in [0.5, 0.6) is 0 Å². The van der Waals surface area contributed by atoms with E-state index in [-0.39, 0.29) is 6.61 Å². The molecule has 0 spiro atoms. The lowest BCUT2D eigenvalue weighted by molar-refractivity contribution is -0.142. The van der Waals surface area contributed by atoms with Crippen molar-refractivity contribution < 1.29 is 14.3 Å². The molecule has 0 saturated heterocycles. The standard InChI is InChI=1S/C24H25N3O3/c1-16-5-9-20(10-6-16)11-14-23(29)30-15-22(28)25-24-18(3)26-27(19(24)4)21-12-7-17(2)8-13-21/h5-14H,15H2,1-4H3,(H,25,28)/b14-11+. The third-order valence-corrected chi connectivity index (χ3v) is 4.67. The molecule has 1 N–H and O–H groups in total. The fourth-order valence-electron chi connectivity index (χ4n) is 2.96. The summed E-state index contributed by atoms with van der Waals surface area (Å²) in [5, 5.41) is 7.30. The van der Waals surface area contributed by atoms with Crippen LogP contribution < -0.4 is 5.32 Å². The topological polar surface area (TPSA) is 73.2 Å². The maximum absolute atomic E-state index is 12.3. The van der Waals surface area contributed by atoms with E-state index in [9.17, 15) is 9.59 Å². The number of anilines is 1. The van der Waals surface area contributed by atoms with Crippen molar-refractivity contribution in [2.45, 2.75) is 27.7 Å². The number of nitrogens with one attached hydrogen (secondary N) is 1. The number of hydrogen-bond donors (Lipinski definition) is 1. The van der Waals surface area contributed by atoms with E-state index in [1.807, 2.05) is 76.2 Å². The third kappa shape index (κ3) is 5.23. The quantitative estimate of drug-likeness (QED) is 0.492. The van der Waals surface area contributed by atoms with Crippen molar-refractivity contribution >= 4 is 23.6 Å². The van der Waals surface area contributed by atoms with E-state index >= 15 is 0 Å². The molecule has 0 aliphatic rings. The lowest BCUT2D eigenvalue weighted by atomic mass is 10.1. The third-order valence-electron chi connectivity index (χ3n) is 4.67. The van der Waals surface area contributed by atoms with Crippen LogP contribution in [0, 0.1) is 27.7 Å². The summed E-state index contributed by atoms with van der Waals surface area (Å²) >= 11 is 0. The van der Waals surface area contributed by atoms with Crippen LogP contribution in [0.1, 0.15) is 28.1 Å². The van der Waals surface area contributed by atoms with Crippen molar-refractivity contribution in [1.29, 1.82) is 0 Å². The number of aryl methyl sites for hydroxylation is 3. The van der Waals surface area contributed by atoms with Crippen molar-refractivity contribution in [2.24, 2.45) is 0 Å². The number of rotatable bonds is 6. The smallest absolute Gasteiger partial charge is 0.331 e. The van der Waals surface area contributed by atoms with Gasteiger partial charge in [0.25, 0.3) is 5.91 Å². The molecular weight excluding hydrogens is 378 g/mol. The Hall–Kier alpha value is -3.67. The Bertz CT molecular complexity index is 1080. The minimum Gasteiger partial charge on any atom is -0.452 e. The van der Waals surface area contributed by atoms with Gasteiger partial charge in [-0.1, -0.05) is 47.5 Å². The number of esters is 1. The summed E-state index contributed by atoms with van der Waals surface area (Å²) in [4.78, 5) is 24.2.